The number of sulfonamides is 1. The lowest BCUT2D eigenvalue weighted by atomic mass is 10.1. The van der Waals surface area contributed by atoms with Gasteiger partial charge in [0.05, 0.1) is 4.90 Å². The fraction of sp³-hybridized carbons (Fsp3) is 0. The summed E-state index contributed by atoms with van der Waals surface area (Å²) in [4.78, 5) is 24.3. The van der Waals surface area contributed by atoms with Crippen molar-refractivity contribution in [3.05, 3.63) is 89.7 Å². The van der Waals surface area contributed by atoms with E-state index in [0.29, 0.717) is 5.69 Å². The number of halogens is 1. The van der Waals surface area contributed by atoms with Crippen LogP contribution in [0.2, 0.25) is 0 Å². The summed E-state index contributed by atoms with van der Waals surface area (Å²) in [7, 11) is -3.88. The number of nitrogens with two attached hydrogens (primary N) is 1. The van der Waals surface area contributed by atoms with Crippen LogP contribution in [0.25, 0.3) is 0 Å². The third-order valence-corrected chi connectivity index (χ3v) is 4.82. The molecule has 7 nitrogen and oxygen atoms in total. The van der Waals surface area contributed by atoms with Gasteiger partial charge in [0.2, 0.25) is 10.0 Å². The lowest BCUT2D eigenvalue weighted by molar-refractivity contribution is 0.101. The Kier molecular flexibility index (Phi) is 5.71. The Labute approximate surface area is 166 Å². The van der Waals surface area contributed by atoms with Crippen molar-refractivity contribution in [2.24, 2.45) is 5.14 Å². The molecule has 148 valence electrons. The second-order valence-electron chi connectivity index (χ2n) is 6.07. The fourth-order valence-corrected chi connectivity index (χ4v) is 3.05. The largest absolute Gasteiger partial charge is 0.322 e. The zero-order valence-corrected chi connectivity index (χ0v) is 15.7. The Morgan fingerprint density at radius 3 is 2.03 bits per heavy atom. The maximum atomic E-state index is 13.2. The van der Waals surface area contributed by atoms with Crippen LogP contribution in [0, 0.1) is 5.82 Å². The molecule has 29 heavy (non-hydrogen) atoms. The molecule has 0 heterocycles. The Hall–Kier alpha value is -3.56. The minimum atomic E-state index is -3.88. The molecule has 2 amide bonds. The Balaban J connectivity index is 1.68. The molecule has 9 heteroatoms. The standard InChI is InChI=1S/C20H16FN3O4S/c21-15-4-1-3-14(11-15)20(26)23-16-9-7-13(8-10-16)19(25)24-17-5-2-6-18(12-17)29(22,27)28/h1-12H,(H,23,26)(H,24,25)(H2,22,27,28). The summed E-state index contributed by atoms with van der Waals surface area (Å²) in [5, 5.41) is 10.3. The first-order chi connectivity index (χ1) is 13.7. The van der Waals surface area contributed by atoms with Crippen LogP contribution in [-0.4, -0.2) is 20.2 Å². The van der Waals surface area contributed by atoms with Crippen molar-refractivity contribution in [3.8, 4) is 0 Å². The van der Waals surface area contributed by atoms with E-state index < -0.39 is 27.7 Å². The first kappa shape index (κ1) is 20.2. The van der Waals surface area contributed by atoms with E-state index in [-0.39, 0.29) is 21.7 Å². The second-order valence-corrected chi connectivity index (χ2v) is 7.63. The third-order valence-electron chi connectivity index (χ3n) is 3.91. The zero-order chi connectivity index (χ0) is 21.0. The molecule has 0 atom stereocenters. The molecule has 0 saturated heterocycles. The van der Waals surface area contributed by atoms with Crippen molar-refractivity contribution < 1.29 is 22.4 Å². The minimum absolute atomic E-state index is 0.120. The topological polar surface area (TPSA) is 118 Å². The molecule has 0 aromatic heterocycles. The monoisotopic (exact) mass is 413 g/mol. The van der Waals surface area contributed by atoms with E-state index in [1.165, 1.54) is 66.7 Å². The summed E-state index contributed by atoms with van der Waals surface area (Å²) in [6.07, 6.45) is 0. The van der Waals surface area contributed by atoms with E-state index in [1.807, 2.05) is 0 Å². The van der Waals surface area contributed by atoms with E-state index in [9.17, 15) is 22.4 Å². The van der Waals surface area contributed by atoms with Gasteiger partial charge in [0, 0.05) is 22.5 Å². The summed E-state index contributed by atoms with van der Waals surface area (Å²) in [6, 6.07) is 16.8. The lowest BCUT2D eigenvalue weighted by Crippen LogP contribution is -2.15. The average molecular weight is 413 g/mol. The Morgan fingerprint density at radius 2 is 1.38 bits per heavy atom. The van der Waals surface area contributed by atoms with Gasteiger partial charge in [-0.2, -0.15) is 0 Å². The van der Waals surface area contributed by atoms with Crippen LogP contribution < -0.4 is 15.8 Å². The number of carbonyl (C=O) groups is 2. The molecule has 3 aromatic rings. The van der Waals surface area contributed by atoms with Crippen LogP contribution in [0.3, 0.4) is 0 Å². The average Bonchev–Trinajstić information content (AvgIpc) is 2.68. The smallest absolute Gasteiger partial charge is 0.255 e. The van der Waals surface area contributed by atoms with E-state index in [0.717, 1.165) is 6.07 Å². The summed E-state index contributed by atoms with van der Waals surface area (Å²) in [6.45, 7) is 0. The molecule has 0 bridgehead atoms. The van der Waals surface area contributed by atoms with E-state index in [2.05, 4.69) is 10.6 Å². The Morgan fingerprint density at radius 1 is 0.759 bits per heavy atom. The quantitative estimate of drug-likeness (QED) is 0.596. The zero-order valence-electron chi connectivity index (χ0n) is 14.9. The summed E-state index contributed by atoms with van der Waals surface area (Å²) in [5.41, 5.74) is 1.15. The predicted molar refractivity (Wildman–Crippen MR) is 107 cm³/mol. The van der Waals surface area contributed by atoms with Crippen LogP contribution in [0.4, 0.5) is 15.8 Å². The van der Waals surface area contributed by atoms with Crippen molar-refractivity contribution in [1.29, 1.82) is 0 Å². The molecular weight excluding hydrogens is 397 g/mol. The number of amides is 2. The van der Waals surface area contributed by atoms with Gasteiger partial charge >= 0.3 is 0 Å². The van der Waals surface area contributed by atoms with Crippen LogP contribution in [0.5, 0.6) is 0 Å². The number of anilines is 2. The van der Waals surface area contributed by atoms with Crippen molar-refractivity contribution in [3.63, 3.8) is 0 Å². The summed E-state index contributed by atoms with van der Waals surface area (Å²) >= 11 is 0. The number of hydrogen-bond donors (Lipinski definition) is 3. The van der Waals surface area contributed by atoms with Gasteiger partial charge in [-0.3, -0.25) is 9.59 Å². The van der Waals surface area contributed by atoms with Crippen molar-refractivity contribution in [2.45, 2.75) is 4.90 Å². The molecule has 3 rings (SSSR count). The molecule has 0 aliphatic carbocycles. The molecule has 3 aromatic carbocycles. The fourth-order valence-electron chi connectivity index (χ4n) is 2.49. The molecule has 0 unspecified atom stereocenters. The minimum Gasteiger partial charge on any atom is -0.322 e. The first-order valence-electron chi connectivity index (χ1n) is 8.33. The van der Waals surface area contributed by atoms with Crippen molar-refractivity contribution in [1.82, 2.24) is 0 Å². The van der Waals surface area contributed by atoms with Crippen LogP contribution in [-0.2, 0) is 10.0 Å². The molecule has 0 radical (unpaired) electrons. The first-order valence-corrected chi connectivity index (χ1v) is 9.88. The van der Waals surface area contributed by atoms with Crippen LogP contribution in [0.15, 0.2) is 77.7 Å². The highest BCUT2D eigenvalue weighted by atomic mass is 32.2. The maximum absolute atomic E-state index is 13.2. The van der Waals surface area contributed by atoms with Crippen LogP contribution >= 0.6 is 0 Å². The van der Waals surface area contributed by atoms with Gasteiger partial charge in [-0.1, -0.05) is 12.1 Å². The van der Waals surface area contributed by atoms with Crippen LogP contribution in [0.1, 0.15) is 20.7 Å². The van der Waals surface area contributed by atoms with Gasteiger partial charge in [-0.05, 0) is 60.7 Å². The number of primary sulfonamides is 1. The highest BCUT2D eigenvalue weighted by Gasteiger charge is 2.12. The molecule has 4 N–H and O–H groups in total. The normalized spacial score (nSPS) is 11.0. The summed E-state index contributed by atoms with van der Waals surface area (Å²) in [5.74, 6) is -1.47. The number of hydrogen-bond acceptors (Lipinski definition) is 4. The maximum Gasteiger partial charge on any atom is 0.255 e. The van der Waals surface area contributed by atoms with Gasteiger partial charge in [0.25, 0.3) is 11.8 Å². The number of carbonyl (C=O) groups excluding carboxylic acids is 2. The SMILES string of the molecule is NS(=O)(=O)c1cccc(NC(=O)c2ccc(NC(=O)c3cccc(F)c3)cc2)c1. The second kappa shape index (κ2) is 8.21. The lowest BCUT2D eigenvalue weighted by Gasteiger charge is -2.08. The highest BCUT2D eigenvalue weighted by Crippen LogP contribution is 2.17. The van der Waals surface area contributed by atoms with Gasteiger partial charge < -0.3 is 10.6 Å². The number of benzene rings is 3. The van der Waals surface area contributed by atoms with E-state index >= 15 is 0 Å². The van der Waals surface area contributed by atoms with E-state index in [1.54, 1.807) is 0 Å². The molecular formula is C20H16FN3O4S. The predicted octanol–water partition coefficient (Wildman–Crippen LogP) is 2.98. The molecule has 0 aliphatic rings. The molecule has 0 saturated carbocycles. The molecule has 0 aliphatic heterocycles. The van der Waals surface area contributed by atoms with Crippen molar-refractivity contribution in [2.75, 3.05) is 10.6 Å². The number of rotatable bonds is 5. The van der Waals surface area contributed by atoms with Gasteiger partial charge in [-0.25, -0.2) is 17.9 Å². The third kappa shape index (κ3) is 5.24. The van der Waals surface area contributed by atoms with Gasteiger partial charge in [0.15, 0.2) is 0 Å². The summed E-state index contributed by atoms with van der Waals surface area (Å²) < 4.78 is 36.0. The number of nitrogens with one attached hydrogen (secondary N) is 2. The molecule has 0 fully saturated rings. The Bertz CT molecular complexity index is 1180. The van der Waals surface area contributed by atoms with E-state index in [4.69, 9.17) is 5.14 Å². The molecule has 0 spiro atoms. The van der Waals surface area contributed by atoms with Crippen molar-refractivity contribution >= 4 is 33.2 Å². The van der Waals surface area contributed by atoms with Gasteiger partial charge in [-0.15, -0.1) is 0 Å². The van der Waals surface area contributed by atoms with Gasteiger partial charge in [0.1, 0.15) is 5.82 Å². The highest BCUT2D eigenvalue weighted by molar-refractivity contribution is 7.89.